The monoisotopic (exact) mass is 487 g/mol. The molecule has 0 atom stereocenters. The Hall–Kier alpha value is -1.35. The van der Waals surface area contributed by atoms with Gasteiger partial charge >= 0.3 is 0 Å². The molecule has 1 aromatic rings. The van der Waals surface area contributed by atoms with Crippen LogP contribution in [0, 0.1) is 0 Å². The van der Waals surface area contributed by atoms with E-state index >= 15 is 0 Å². The highest BCUT2D eigenvalue weighted by Crippen LogP contribution is 2.08. The summed E-state index contributed by atoms with van der Waals surface area (Å²) < 4.78 is 0. The van der Waals surface area contributed by atoms with Crippen LogP contribution in [0.5, 0.6) is 0 Å². The number of hydrogen-bond donors (Lipinski definition) is 2. The summed E-state index contributed by atoms with van der Waals surface area (Å²) in [6, 6.07) is 7.67. The third-order valence-corrected chi connectivity index (χ3v) is 4.51. The summed E-state index contributed by atoms with van der Waals surface area (Å²) in [6.07, 6.45) is 3.82. The molecule has 1 heterocycles. The van der Waals surface area contributed by atoms with E-state index in [4.69, 9.17) is 0 Å². The molecule has 1 fully saturated rings. The van der Waals surface area contributed by atoms with Crippen LogP contribution in [-0.4, -0.2) is 68.5 Å². The highest BCUT2D eigenvalue weighted by atomic mass is 127. The van der Waals surface area contributed by atoms with Gasteiger partial charge in [0, 0.05) is 32.7 Å². The van der Waals surface area contributed by atoms with Gasteiger partial charge in [-0.3, -0.25) is 4.79 Å². The number of carbonyl (C=O) groups excluding carboxylic acids is 1. The molecule has 1 aliphatic heterocycles. The fourth-order valence-electron chi connectivity index (χ4n) is 3.04. The number of amides is 1. The van der Waals surface area contributed by atoms with E-state index in [2.05, 4.69) is 27.4 Å². The lowest BCUT2D eigenvalue weighted by Crippen LogP contribution is -2.38. The van der Waals surface area contributed by atoms with Crippen molar-refractivity contribution in [3.8, 4) is 0 Å². The van der Waals surface area contributed by atoms with Crippen LogP contribution in [0.4, 0.5) is 0 Å². The molecule has 27 heavy (non-hydrogen) atoms. The molecule has 1 saturated heterocycles. The number of nitrogens with zero attached hydrogens (tertiary/aromatic N) is 3. The maximum absolute atomic E-state index is 11.9. The molecule has 0 spiro atoms. The summed E-state index contributed by atoms with van der Waals surface area (Å²) >= 11 is 0. The second kappa shape index (κ2) is 12.9. The van der Waals surface area contributed by atoms with Crippen LogP contribution in [0.25, 0.3) is 0 Å². The van der Waals surface area contributed by atoms with Gasteiger partial charge in [0.15, 0.2) is 5.96 Å². The average molecular weight is 487 g/mol. The zero-order valence-corrected chi connectivity index (χ0v) is 19.2. The number of rotatable bonds is 8. The van der Waals surface area contributed by atoms with Crippen LogP contribution in [0.15, 0.2) is 29.3 Å². The maximum Gasteiger partial charge on any atom is 0.253 e. The van der Waals surface area contributed by atoms with Crippen LogP contribution >= 0.6 is 24.0 Å². The standard InChI is InChI=1S/C20H33N5O.HI/c1-4-21-20(22-12-7-15-25-13-5-6-14-25)23-16-17-8-10-18(11-9-17)19(26)24(2)3;/h8-11H,4-7,12-16H2,1-3H3,(H2,21,22,23);1H. The highest BCUT2D eigenvalue weighted by Gasteiger charge is 2.10. The molecule has 1 aromatic carbocycles. The zero-order valence-electron chi connectivity index (χ0n) is 16.8. The molecule has 152 valence electrons. The predicted octanol–water partition coefficient (Wildman–Crippen LogP) is 2.55. The minimum atomic E-state index is 0. The van der Waals surface area contributed by atoms with E-state index in [-0.39, 0.29) is 29.9 Å². The second-order valence-electron chi connectivity index (χ2n) is 6.92. The van der Waals surface area contributed by atoms with Gasteiger partial charge in [0.05, 0.1) is 6.54 Å². The van der Waals surface area contributed by atoms with E-state index in [1.807, 2.05) is 24.3 Å². The molecule has 0 unspecified atom stereocenters. The quantitative estimate of drug-likeness (QED) is 0.256. The lowest BCUT2D eigenvalue weighted by atomic mass is 10.1. The van der Waals surface area contributed by atoms with E-state index in [0.717, 1.165) is 37.6 Å². The lowest BCUT2D eigenvalue weighted by Gasteiger charge is -2.16. The van der Waals surface area contributed by atoms with Gasteiger partial charge in [0.1, 0.15) is 0 Å². The second-order valence-corrected chi connectivity index (χ2v) is 6.92. The van der Waals surface area contributed by atoms with E-state index in [9.17, 15) is 4.79 Å². The summed E-state index contributed by atoms with van der Waals surface area (Å²) in [7, 11) is 3.53. The Bertz CT molecular complexity index is 583. The minimum Gasteiger partial charge on any atom is -0.357 e. The molecule has 2 N–H and O–H groups in total. The molecular weight excluding hydrogens is 453 g/mol. The summed E-state index contributed by atoms with van der Waals surface area (Å²) in [5.74, 6) is 0.871. The normalized spacial score (nSPS) is 14.6. The average Bonchev–Trinajstić information content (AvgIpc) is 3.16. The predicted molar refractivity (Wildman–Crippen MR) is 123 cm³/mol. The van der Waals surface area contributed by atoms with Crippen LogP contribution < -0.4 is 10.6 Å². The van der Waals surface area contributed by atoms with E-state index in [1.165, 1.54) is 25.9 Å². The number of guanidine groups is 1. The van der Waals surface area contributed by atoms with Crippen molar-refractivity contribution in [2.75, 3.05) is 46.8 Å². The molecule has 0 aromatic heterocycles. The van der Waals surface area contributed by atoms with E-state index in [1.54, 1.807) is 19.0 Å². The smallest absolute Gasteiger partial charge is 0.253 e. The minimum absolute atomic E-state index is 0. The molecule has 0 saturated carbocycles. The van der Waals surface area contributed by atoms with Gasteiger partial charge < -0.3 is 20.4 Å². The molecule has 0 aliphatic carbocycles. The van der Waals surface area contributed by atoms with Gasteiger partial charge in [-0.25, -0.2) is 4.99 Å². The van der Waals surface area contributed by atoms with Crippen LogP contribution in [-0.2, 0) is 6.54 Å². The van der Waals surface area contributed by atoms with Crippen molar-refractivity contribution in [2.24, 2.45) is 4.99 Å². The third-order valence-electron chi connectivity index (χ3n) is 4.51. The van der Waals surface area contributed by atoms with Crippen molar-refractivity contribution >= 4 is 35.8 Å². The largest absolute Gasteiger partial charge is 0.357 e. The molecule has 1 amide bonds. The number of benzene rings is 1. The van der Waals surface area contributed by atoms with E-state index < -0.39 is 0 Å². The fourth-order valence-corrected chi connectivity index (χ4v) is 3.04. The fraction of sp³-hybridized carbons (Fsp3) is 0.600. The number of nitrogens with one attached hydrogen (secondary N) is 2. The first-order chi connectivity index (χ1) is 12.6. The molecular formula is C20H34IN5O. The summed E-state index contributed by atoms with van der Waals surface area (Å²) in [5, 5.41) is 6.70. The molecule has 0 bridgehead atoms. The molecule has 6 nitrogen and oxygen atoms in total. The van der Waals surface area contributed by atoms with Crippen molar-refractivity contribution < 1.29 is 4.79 Å². The highest BCUT2D eigenvalue weighted by molar-refractivity contribution is 14.0. The first-order valence-electron chi connectivity index (χ1n) is 9.65. The van der Waals surface area contributed by atoms with Crippen molar-refractivity contribution in [1.82, 2.24) is 20.4 Å². The topological polar surface area (TPSA) is 60.0 Å². The molecule has 7 heteroatoms. The van der Waals surface area contributed by atoms with Gasteiger partial charge in [-0.1, -0.05) is 12.1 Å². The summed E-state index contributed by atoms with van der Waals surface area (Å²) in [6.45, 7) is 8.10. The molecule has 2 rings (SSSR count). The van der Waals surface area contributed by atoms with Gasteiger partial charge in [-0.15, -0.1) is 24.0 Å². The number of halogens is 1. The van der Waals surface area contributed by atoms with Crippen molar-refractivity contribution in [2.45, 2.75) is 32.7 Å². The van der Waals surface area contributed by atoms with Crippen LogP contribution in [0.1, 0.15) is 42.1 Å². The summed E-state index contributed by atoms with van der Waals surface area (Å²) in [4.78, 5) is 20.7. The van der Waals surface area contributed by atoms with Gasteiger partial charge in [-0.2, -0.15) is 0 Å². The number of likely N-dealkylation sites (tertiary alicyclic amines) is 1. The Labute approximate surface area is 180 Å². The van der Waals surface area contributed by atoms with Crippen LogP contribution in [0.2, 0.25) is 0 Å². The number of hydrogen-bond acceptors (Lipinski definition) is 3. The third kappa shape index (κ3) is 8.47. The Balaban J connectivity index is 0.00000364. The van der Waals surface area contributed by atoms with Crippen molar-refractivity contribution in [1.29, 1.82) is 0 Å². The van der Waals surface area contributed by atoms with Gasteiger partial charge in [0.2, 0.25) is 0 Å². The van der Waals surface area contributed by atoms with E-state index in [0.29, 0.717) is 12.1 Å². The Morgan fingerprint density at radius 3 is 2.41 bits per heavy atom. The van der Waals surface area contributed by atoms with Gasteiger partial charge in [0.25, 0.3) is 5.91 Å². The summed E-state index contributed by atoms with van der Waals surface area (Å²) in [5.41, 5.74) is 1.80. The Kier molecular flexibility index (Phi) is 11.3. The lowest BCUT2D eigenvalue weighted by molar-refractivity contribution is 0.0827. The van der Waals surface area contributed by atoms with Crippen molar-refractivity contribution in [3.63, 3.8) is 0 Å². The number of carbonyl (C=O) groups is 1. The van der Waals surface area contributed by atoms with Crippen LogP contribution in [0.3, 0.4) is 0 Å². The molecule has 0 radical (unpaired) electrons. The number of aliphatic imine (C=N–C) groups is 1. The first-order valence-corrected chi connectivity index (χ1v) is 9.65. The Morgan fingerprint density at radius 1 is 1.15 bits per heavy atom. The zero-order chi connectivity index (χ0) is 18.8. The SMILES string of the molecule is CCNC(=NCc1ccc(C(=O)N(C)C)cc1)NCCCN1CCCC1.I. The van der Waals surface area contributed by atoms with Crippen molar-refractivity contribution in [3.05, 3.63) is 35.4 Å². The Morgan fingerprint density at radius 2 is 1.81 bits per heavy atom. The maximum atomic E-state index is 11.9. The molecule has 1 aliphatic rings. The van der Waals surface area contributed by atoms with Gasteiger partial charge in [-0.05, 0) is 63.5 Å². The first kappa shape index (κ1) is 23.7.